The van der Waals surface area contributed by atoms with Crippen molar-refractivity contribution >= 4 is 7.12 Å². The molecular weight excluding hydrogens is 201 g/mol. The molecule has 0 unspecified atom stereocenters. The van der Waals surface area contributed by atoms with Crippen molar-refractivity contribution in [3.63, 3.8) is 0 Å². The van der Waals surface area contributed by atoms with Crippen LogP contribution in [0.3, 0.4) is 0 Å². The predicted molar refractivity (Wildman–Crippen MR) is 63.8 cm³/mol. The van der Waals surface area contributed by atoms with Crippen LogP contribution in [-0.2, 0) is 9.31 Å². The first-order chi connectivity index (χ1) is 7.35. The molecule has 0 aromatic heterocycles. The molecule has 0 aromatic carbocycles. The molecule has 0 spiro atoms. The third-order valence-corrected chi connectivity index (χ3v) is 5.40. The maximum Gasteiger partial charge on any atom is 0.475 e. The summed E-state index contributed by atoms with van der Waals surface area (Å²) in [6.45, 7) is 8.93. The Labute approximate surface area is 98.2 Å². The zero-order valence-corrected chi connectivity index (χ0v) is 10.7. The summed E-state index contributed by atoms with van der Waals surface area (Å²) in [5.74, 6) is 1.40. The summed E-state index contributed by atoms with van der Waals surface area (Å²) in [7, 11) is -0.204. The van der Waals surface area contributed by atoms with E-state index < -0.39 is 0 Å². The lowest BCUT2D eigenvalue weighted by Crippen LogP contribution is -2.65. The van der Waals surface area contributed by atoms with Gasteiger partial charge in [0.25, 0.3) is 0 Å². The van der Waals surface area contributed by atoms with Gasteiger partial charge in [0.2, 0.25) is 0 Å². The molecule has 0 aromatic rings. The van der Waals surface area contributed by atoms with Crippen molar-refractivity contribution in [1.29, 1.82) is 0 Å². The van der Waals surface area contributed by atoms with Gasteiger partial charge < -0.3 is 15.0 Å². The van der Waals surface area contributed by atoms with E-state index >= 15 is 0 Å². The fourth-order valence-corrected chi connectivity index (χ4v) is 4.13. The number of hydrogen-bond donors (Lipinski definition) is 1. The molecule has 4 rings (SSSR count). The van der Waals surface area contributed by atoms with Gasteiger partial charge in [-0.1, -0.05) is 20.8 Å². The number of hydrogen-bond acceptors (Lipinski definition) is 3. The van der Waals surface area contributed by atoms with Crippen molar-refractivity contribution in [1.82, 2.24) is 0 Å². The second kappa shape index (κ2) is 3.03. The molecule has 0 radical (unpaired) electrons. The van der Waals surface area contributed by atoms with Gasteiger partial charge in [-0.05, 0) is 37.0 Å². The second-order valence-corrected chi connectivity index (χ2v) is 6.70. The van der Waals surface area contributed by atoms with E-state index in [0.29, 0.717) is 11.3 Å². The maximum absolute atomic E-state index is 6.15. The Kier molecular flexibility index (Phi) is 2.10. The van der Waals surface area contributed by atoms with E-state index in [-0.39, 0.29) is 24.8 Å². The molecule has 1 heterocycles. The van der Waals surface area contributed by atoms with Crippen LogP contribution in [0.25, 0.3) is 0 Å². The standard InChI is InChI=1S/C12H22BNO2/c1-7(14)13-15-10-6-8-5-9(11(8,2)3)12(10,4)16-13/h7-10H,5-6,14H2,1-4H3/t7-,8-,9-,10+,12-/m0/s1. The van der Waals surface area contributed by atoms with Crippen LogP contribution >= 0.6 is 0 Å². The highest BCUT2D eigenvalue weighted by molar-refractivity contribution is 6.47. The third-order valence-electron chi connectivity index (χ3n) is 5.40. The minimum atomic E-state index is -0.204. The first-order valence-electron chi connectivity index (χ1n) is 6.44. The summed E-state index contributed by atoms with van der Waals surface area (Å²) < 4.78 is 12.1. The van der Waals surface area contributed by atoms with E-state index in [0.717, 1.165) is 12.3 Å². The summed E-state index contributed by atoms with van der Waals surface area (Å²) in [6, 6.07) is 0. The number of rotatable bonds is 1. The molecule has 90 valence electrons. The van der Waals surface area contributed by atoms with Gasteiger partial charge in [0.1, 0.15) is 0 Å². The highest BCUT2D eigenvalue weighted by Crippen LogP contribution is 2.65. The molecule has 1 saturated heterocycles. The zero-order valence-electron chi connectivity index (χ0n) is 10.7. The highest BCUT2D eigenvalue weighted by atomic mass is 16.7. The van der Waals surface area contributed by atoms with E-state index in [1.54, 1.807) is 0 Å². The van der Waals surface area contributed by atoms with Crippen LogP contribution in [0.1, 0.15) is 40.5 Å². The van der Waals surface area contributed by atoms with Gasteiger partial charge in [0, 0.05) is 5.94 Å². The predicted octanol–water partition coefficient (Wildman–Crippen LogP) is 1.60. The van der Waals surface area contributed by atoms with E-state index in [1.165, 1.54) is 6.42 Å². The maximum atomic E-state index is 6.15. The Morgan fingerprint density at radius 2 is 2.00 bits per heavy atom. The summed E-state index contributed by atoms with van der Waals surface area (Å²) >= 11 is 0. The normalized spacial score (nSPS) is 50.8. The van der Waals surface area contributed by atoms with Crippen LogP contribution in [0.15, 0.2) is 0 Å². The van der Waals surface area contributed by atoms with Crippen molar-refractivity contribution in [2.45, 2.75) is 58.2 Å². The third kappa shape index (κ3) is 1.16. The second-order valence-electron chi connectivity index (χ2n) is 6.70. The molecule has 0 amide bonds. The molecule has 3 aliphatic carbocycles. The first kappa shape index (κ1) is 11.1. The average Bonchev–Trinajstić information content (AvgIpc) is 2.54. The molecule has 4 fully saturated rings. The Morgan fingerprint density at radius 3 is 2.56 bits per heavy atom. The van der Waals surface area contributed by atoms with Crippen molar-refractivity contribution in [2.24, 2.45) is 23.0 Å². The van der Waals surface area contributed by atoms with Crippen LogP contribution < -0.4 is 5.73 Å². The molecule has 4 heteroatoms. The molecule has 3 nitrogen and oxygen atoms in total. The Morgan fingerprint density at radius 1 is 1.31 bits per heavy atom. The fraction of sp³-hybridized carbons (Fsp3) is 1.00. The summed E-state index contributed by atoms with van der Waals surface area (Å²) in [6.07, 6.45) is 2.71. The Bertz CT molecular complexity index is 320. The fourth-order valence-electron chi connectivity index (χ4n) is 4.13. The molecule has 2 bridgehead atoms. The monoisotopic (exact) mass is 223 g/mol. The van der Waals surface area contributed by atoms with Crippen molar-refractivity contribution in [3.05, 3.63) is 0 Å². The molecule has 16 heavy (non-hydrogen) atoms. The van der Waals surface area contributed by atoms with Crippen LogP contribution in [-0.4, -0.2) is 24.8 Å². The van der Waals surface area contributed by atoms with Gasteiger partial charge in [0.05, 0.1) is 11.7 Å². The van der Waals surface area contributed by atoms with Gasteiger partial charge in [0.15, 0.2) is 0 Å². The quantitative estimate of drug-likeness (QED) is 0.686. The van der Waals surface area contributed by atoms with E-state index in [2.05, 4.69) is 20.8 Å². The summed E-state index contributed by atoms with van der Waals surface area (Å²) in [5.41, 5.74) is 6.20. The smallest absolute Gasteiger partial charge is 0.404 e. The Hall–Kier alpha value is -0.0551. The average molecular weight is 223 g/mol. The molecule has 5 atom stereocenters. The number of nitrogens with two attached hydrogens (primary N) is 1. The summed E-state index contributed by atoms with van der Waals surface area (Å²) in [5, 5.41) is 0. The molecule has 1 aliphatic heterocycles. The largest absolute Gasteiger partial charge is 0.475 e. The van der Waals surface area contributed by atoms with Gasteiger partial charge in [-0.2, -0.15) is 0 Å². The minimum absolute atomic E-state index is 0.0391. The van der Waals surface area contributed by atoms with Crippen LogP contribution in [0.2, 0.25) is 0 Å². The molecular formula is C12H22BNO2. The minimum Gasteiger partial charge on any atom is -0.404 e. The topological polar surface area (TPSA) is 44.5 Å². The van der Waals surface area contributed by atoms with Gasteiger partial charge in [-0.3, -0.25) is 0 Å². The summed E-state index contributed by atoms with van der Waals surface area (Å²) in [4.78, 5) is 0. The van der Waals surface area contributed by atoms with Crippen LogP contribution in [0, 0.1) is 17.3 Å². The lowest BCUT2D eigenvalue weighted by Gasteiger charge is -2.64. The van der Waals surface area contributed by atoms with Gasteiger partial charge in [-0.25, -0.2) is 0 Å². The molecule has 2 N–H and O–H groups in total. The highest BCUT2D eigenvalue weighted by Gasteiger charge is 2.68. The van der Waals surface area contributed by atoms with Crippen LogP contribution in [0.5, 0.6) is 0 Å². The van der Waals surface area contributed by atoms with Crippen molar-refractivity contribution < 1.29 is 9.31 Å². The first-order valence-corrected chi connectivity index (χ1v) is 6.44. The SMILES string of the molecule is C[C@H](N)B1O[C@@H]2C[C@@H]3C[C@@H](C3(C)C)[C@]2(C)O1. The van der Waals surface area contributed by atoms with Gasteiger partial charge in [-0.15, -0.1) is 0 Å². The van der Waals surface area contributed by atoms with E-state index in [1.807, 2.05) is 6.92 Å². The van der Waals surface area contributed by atoms with E-state index in [4.69, 9.17) is 15.0 Å². The molecule has 3 saturated carbocycles. The van der Waals surface area contributed by atoms with E-state index in [9.17, 15) is 0 Å². The Balaban J connectivity index is 1.87. The zero-order chi connectivity index (χ0) is 11.7. The molecule has 4 aliphatic rings. The van der Waals surface area contributed by atoms with Crippen molar-refractivity contribution in [3.8, 4) is 0 Å². The lowest BCUT2D eigenvalue weighted by atomic mass is 9.43. The van der Waals surface area contributed by atoms with Crippen LogP contribution in [0.4, 0.5) is 0 Å². The van der Waals surface area contributed by atoms with Crippen molar-refractivity contribution in [2.75, 3.05) is 0 Å². The van der Waals surface area contributed by atoms with Gasteiger partial charge >= 0.3 is 7.12 Å². The lowest BCUT2D eigenvalue weighted by molar-refractivity contribution is -0.199.